The van der Waals surface area contributed by atoms with Gasteiger partial charge < -0.3 is 10.6 Å². The van der Waals surface area contributed by atoms with Crippen molar-refractivity contribution in [2.45, 2.75) is 20.3 Å². The Morgan fingerprint density at radius 3 is 2.83 bits per heavy atom. The summed E-state index contributed by atoms with van der Waals surface area (Å²) in [6.07, 6.45) is 2.50. The average molecular weight is 332 g/mol. The Morgan fingerprint density at radius 2 is 2.09 bits per heavy atom. The number of aromatic nitrogens is 1. The molecule has 0 saturated carbocycles. The molecule has 2 N–H and O–H groups in total. The second-order valence-electron chi connectivity index (χ2n) is 5.84. The van der Waals surface area contributed by atoms with E-state index in [1.54, 1.807) is 12.3 Å². The number of nitrogens with one attached hydrogen (secondary N) is 2. The molecule has 2 aromatic rings. The molecule has 0 aliphatic carbocycles. The van der Waals surface area contributed by atoms with Crippen molar-refractivity contribution in [3.05, 3.63) is 58.9 Å². The zero-order valence-corrected chi connectivity index (χ0v) is 14.2. The molecule has 0 atom stereocenters. The predicted molar refractivity (Wildman–Crippen MR) is 95.1 cm³/mol. The van der Waals surface area contributed by atoms with Crippen LogP contribution < -0.4 is 10.6 Å². The van der Waals surface area contributed by atoms with Crippen molar-refractivity contribution in [3.63, 3.8) is 0 Å². The summed E-state index contributed by atoms with van der Waals surface area (Å²) in [6, 6.07) is 11.4. The van der Waals surface area contributed by atoms with Crippen LogP contribution in [0.15, 0.2) is 42.6 Å². The molecule has 0 unspecified atom stereocenters. The number of benzene rings is 1. The van der Waals surface area contributed by atoms with E-state index in [2.05, 4.69) is 29.5 Å². The maximum absolute atomic E-state index is 12.0. The van der Waals surface area contributed by atoms with Crippen LogP contribution >= 0.6 is 11.6 Å². The first-order valence-electron chi connectivity index (χ1n) is 7.77. The first kappa shape index (κ1) is 17.3. The van der Waals surface area contributed by atoms with Gasteiger partial charge in [0.2, 0.25) is 0 Å². The number of anilines is 1. The Morgan fingerprint density at radius 1 is 1.26 bits per heavy atom. The van der Waals surface area contributed by atoms with Gasteiger partial charge in [-0.05, 0) is 42.2 Å². The summed E-state index contributed by atoms with van der Waals surface area (Å²) in [5, 5.41) is 6.93. The maximum atomic E-state index is 12.0. The molecule has 0 bridgehead atoms. The smallest absolute Gasteiger partial charge is 0.269 e. The van der Waals surface area contributed by atoms with E-state index in [9.17, 15) is 4.79 Å². The molecular formula is C18H22ClN3O. The van der Waals surface area contributed by atoms with E-state index in [1.165, 1.54) is 5.56 Å². The summed E-state index contributed by atoms with van der Waals surface area (Å²) in [4.78, 5) is 16.1. The summed E-state index contributed by atoms with van der Waals surface area (Å²) >= 11 is 5.98. The minimum Gasteiger partial charge on any atom is -0.385 e. The fourth-order valence-corrected chi connectivity index (χ4v) is 2.31. The topological polar surface area (TPSA) is 54.0 Å². The highest BCUT2D eigenvalue weighted by Gasteiger charge is 2.08. The van der Waals surface area contributed by atoms with E-state index in [1.807, 2.05) is 30.3 Å². The second kappa shape index (κ2) is 8.53. The van der Waals surface area contributed by atoms with Crippen molar-refractivity contribution in [1.82, 2.24) is 10.3 Å². The number of halogens is 1. The van der Waals surface area contributed by atoms with Gasteiger partial charge in [-0.25, -0.2) is 0 Å². The van der Waals surface area contributed by atoms with Gasteiger partial charge >= 0.3 is 0 Å². The van der Waals surface area contributed by atoms with Crippen LogP contribution in [0.25, 0.3) is 0 Å². The number of carbonyl (C=O) groups is 1. The normalized spacial score (nSPS) is 10.6. The molecule has 1 aromatic heterocycles. The molecule has 5 heteroatoms. The lowest BCUT2D eigenvalue weighted by atomic mass is 10.1. The Bertz CT molecular complexity index is 658. The molecule has 0 radical (unpaired) electrons. The van der Waals surface area contributed by atoms with Crippen molar-refractivity contribution in [2.75, 3.05) is 18.4 Å². The van der Waals surface area contributed by atoms with Crippen LogP contribution in [-0.4, -0.2) is 24.0 Å². The van der Waals surface area contributed by atoms with Crippen molar-refractivity contribution in [2.24, 2.45) is 5.92 Å². The number of hydrogen-bond acceptors (Lipinski definition) is 3. The van der Waals surface area contributed by atoms with E-state index < -0.39 is 0 Å². The zero-order valence-electron chi connectivity index (χ0n) is 13.5. The van der Waals surface area contributed by atoms with Crippen LogP contribution in [0.3, 0.4) is 0 Å². The standard InChI is InChI=1S/C18H22ClN3O/c1-13(2)12-22-18(23)17-11-16(7-9-21-17)20-8-6-14-4-3-5-15(19)10-14/h3-5,7,9-11,13H,6,8,12H2,1-2H3,(H,20,21)(H,22,23). The monoisotopic (exact) mass is 331 g/mol. The van der Waals surface area contributed by atoms with Gasteiger partial charge in [0.1, 0.15) is 5.69 Å². The molecule has 1 amide bonds. The van der Waals surface area contributed by atoms with Gasteiger partial charge in [-0.1, -0.05) is 37.6 Å². The van der Waals surface area contributed by atoms with Gasteiger partial charge in [0, 0.05) is 30.0 Å². The largest absolute Gasteiger partial charge is 0.385 e. The fraction of sp³-hybridized carbons (Fsp3) is 0.333. The van der Waals surface area contributed by atoms with Gasteiger partial charge in [0.05, 0.1) is 0 Å². The second-order valence-corrected chi connectivity index (χ2v) is 6.28. The number of hydrogen-bond donors (Lipinski definition) is 2. The van der Waals surface area contributed by atoms with Crippen LogP contribution in [0, 0.1) is 5.92 Å². The van der Waals surface area contributed by atoms with Gasteiger partial charge in [-0.2, -0.15) is 0 Å². The fourth-order valence-electron chi connectivity index (χ4n) is 2.10. The first-order valence-corrected chi connectivity index (χ1v) is 8.15. The maximum Gasteiger partial charge on any atom is 0.269 e. The molecular weight excluding hydrogens is 310 g/mol. The number of pyridine rings is 1. The van der Waals surface area contributed by atoms with E-state index in [4.69, 9.17) is 11.6 Å². The third-order valence-corrected chi connectivity index (χ3v) is 3.53. The molecule has 0 spiro atoms. The predicted octanol–water partition coefficient (Wildman–Crippen LogP) is 3.78. The Labute approximate surface area is 142 Å². The van der Waals surface area contributed by atoms with Gasteiger partial charge in [0.25, 0.3) is 5.91 Å². The van der Waals surface area contributed by atoms with E-state index in [0.717, 1.165) is 23.7 Å². The highest BCUT2D eigenvalue weighted by Crippen LogP contribution is 2.12. The van der Waals surface area contributed by atoms with Gasteiger partial charge in [-0.3, -0.25) is 9.78 Å². The Hall–Kier alpha value is -2.07. The minimum atomic E-state index is -0.141. The molecule has 0 fully saturated rings. The lowest BCUT2D eigenvalue weighted by Gasteiger charge is -2.10. The van der Waals surface area contributed by atoms with E-state index in [-0.39, 0.29) is 5.91 Å². The van der Waals surface area contributed by atoms with Crippen LogP contribution in [0.1, 0.15) is 29.9 Å². The Balaban J connectivity index is 1.88. The molecule has 0 saturated heterocycles. The number of rotatable bonds is 7. The number of amides is 1. The molecule has 122 valence electrons. The third kappa shape index (κ3) is 5.91. The van der Waals surface area contributed by atoms with E-state index >= 15 is 0 Å². The van der Waals surface area contributed by atoms with Gasteiger partial charge in [0.15, 0.2) is 0 Å². The Kier molecular flexibility index (Phi) is 6.41. The van der Waals surface area contributed by atoms with Crippen LogP contribution in [0.5, 0.6) is 0 Å². The van der Waals surface area contributed by atoms with Crippen molar-refractivity contribution >= 4 is 23.2 Å². The summed E-state index contributed by atoms with van der Waals surface area (Å²) in [6.45, 7) is 5.52. The molecule has 1 aromatic carbocycles. The molecule has 0 aliphatic heterocycles. The van der Waals surface area contributed by atoms with Crippen molar-refractivity contribution < 1.29 is 4.79 Å². The summed E-state index contributed by atoms with van der Waals surface area (Å²) in [5.74, 6) is 0.273. The van der Waals surface area contributed by atoms with Crippen LogP contribution in [-0.2, 0) is 6.42 Å². The van der Waals surface area contributed by atoms with Gasteiger partial charge in [-0.15, -0.1) is 0 Å². The molecule has 2 rings (SSSR count). The summed E-state index contributed by atoms with van der Waals surface area (Å²) < 4.78 is 0. The molecule has 4 nitrogen and oxygen atoms in total. The first-order chi connectivity index (χ1) is 11.0. The average Bonchev–Trinajstić information content (AvgIpc) is 2.53. The number of carbonyl (C=O) groups excluding carboxylic acids is 1. The lowest BCUT2D eigenvalue weighted by Crippen LogP contribution is -2.28. The summed E-state index contributed by atoms with van der Waals surface area (Å²) in [5.41, 5.74) is 2.49. The molecule has 0 aliphatic rings. The minimum absolute atomic E-state index is 0.141. The molecule has 1 heterocycles. The van der Waals surface area contributed by atoms with E-state index in [0.29, 0.717) is 18.2 Å². The van der Waals surface area contributed by atoms with Crippen molar-refractivity contribution in [1.29, 1.82) is 0 Å². The zero-order chi connectivity index (χ0) is 16.7. The lowest BCUT2D eigenvalue weighted by molar-refractivity contribution is 0.0944. The van der Waals surface area contributed by atoms with Crippen LogP contribution in [0.2, 0.25) is 5.02 Å². The quantitative estimate of drug-likeness (QED) is 0.812. The van der Waals surface area contributed by atoms with Crippen LogP contribution in [0.4, 0.5) is 5.69 Å². The molecule has 23 heavy (non-hydrogen) atoms. The highest BCUT2D eigenvalue weighted by atomic mass is 35.5. The third-order valence-electron chi connectivity index (χ3n) is 3.30. The SMILES string of the molecule is CC(C)CNC(=O)c1cc(NCCc2cccc(Cl)c2)ccn1. The number of nitrogens with zero attached hydrogens (tertiary/aromatic N) is 1. The summed E-state index contributed by atoms with van der Waals surface area (Å²) in [7, 11) is 0. The highest BCUT2D eigenvalue weighted by molar-refractivity contribution is 6.30. The van der Waals surface area contributed by atoms with Crippen molar-refractivity contribution in [3.8, 4) is 0 Å².